The molecule has 1 heterocycles. The van der Waals surface area contributed by atoms with E-state index >= 15 is 8.78 Å². The standard InChI is InChI=1S/C34H38F5NO5SSi/c1-19-11-8-9-12-21(19)29-23-15-22(20(2)18-33(3,4)5)26(40-14-10-13-28(41)42)17-27(23)47(6,7)32-24(29)16-25(35)31(30(32)36)45-46(43,44)34(37,38)39/h8-9,11-12,15-17,20H,10,13-14,18H2,1-7H3,(H,41,42)/b40-26+. The maximum absolute atomic E-state index is 16.5. The zero-order chi connectivity index (χ0) is 35.3. The van der Waals surface area contributed by atoms with E-state index in [1.165, 1.54) is 0 Å². The smallest absolute Gasteiger partial charge is 0.481 e. The quantitative estimate of drug-likeness (QED) is 0.0944. The SMILES string of the molecule is Cc1ccccc1C1=C2C=C(C(C)CC(C)(C)C)/C(=N/CCCC(=O)O)C=C2[Si](C)(C)c2c1cc(F)c(OS(=O)(=O)C(F)(F)F)c2F. The summed E-state index contributed by atoms with van der Waals surface area (Å²) in [5, 5.41) is 9.68. The molecule has 6 nitrogen and oxygen atoms in total. The molecule has 2 aromatic carbocycles. The molecule has 13 heteroatoms. The van der Waals surface area contributed by atoms with Crippen molar-refractivity contribution in [3.63, 3.8) is 0 Å². The third kappa shape index (κ3) is 7.30. The molecule has 1 N–H and O–H groups in total. The van der Waals surface area contributed by atoms with Gasteiger partial charge in [-0.3, -0.25) is 9.79 Å². The monoisotopic (exact) mass is 695 g/mol. The number of aryl methyl sites for hydroxylation is 1. The molecule has 4 rings (SSSR count). The van der Waals surface area contributed by atoms with Crippen molar-refractivity contribution in [1.82, 2.24) is 0 Å². The lowest BCUT2D eigenvalue weighted by molar-refractivity contribution is -0.137. The number of nitrogens with zero attached hydrogens (tertiary/aromatic N) is 1. The van der Waals surface area contributed by atoms with Crippen LogP contribution in [0, 0.1) is 29.9 Å². The number of allylic oxidation sites excluding steroid dienone is 5. The number of rotatable bonds is 9. The van der Waals surface area contributed by atoms with Crippen LogP contribution >= 0.6 is 0 Å². The van der Waals surface area contributed by atoms with E-state index in [-0.39, 0.29) is 41.5 Å². The van der Waals surface area contributed by atoms with Gasteiger partial charge >= 0.3 is 21.6 Å². The van der Waals surface area contributed by atoms with Gasteiger partial charge in [0, 0.05) is 13.0 Å². The number of fused-ring (bicyclic) bond motifs is 2. The van der Waals surface area contributed by atoms with Crippen LogP contribution in [0.5, 0.6) is 5.75 Å². The van der Waals surface area contributed by atoms with Gasteiger partial charge in [0.1, 0.15) is 8.07 Å². The average molecular weight is 696 g/mol. The van der Waals surface area contributed by atoms with Gasteiger partial charge in [-0.1, -0.05) is 65.1 Å². The summed E-state index contributed by atoms with van der Waals surface area (Å²) in [5.41, 5.74) is -1.87. The molecule has 2 aromatic rings. The van der Waals surface area contributed by atoms with Crippen molar-refractivity contribution in [2.24, 2.45) is 16.3 Å². The highest BCUT2D eigenvalue weighted by Crippen LogP contribution is 2.46. The van der Waals surface area contributed by atoms with E-state index in [4.69, 9.17) is 10.1 Å². The van der Waals surface area contributed by atoms with Crippen LogP contribution in [0.15, 0.2) is 63.8 Å². The molecule has 0 amide bonds. The van der Waals surface area contributed by atoms with Crippen molar-refractivity contribution < 1.29 is 44.5 Å². The minimum Gasteiger partial charge on any atom is -0.481 e. The van der Waals surface area contributed by atoms with E-state index in [1.807, 2.05) is 25.1 Å². The zero-order valence-corrected chi connectivity index (χ0v) is 29.1. The predicted molar refractivity (Wildman–Crippen MR) is 175 cm³/mol. The summed E-state index contributed by atoms with van der Waals surface area (Å²) >= 11 is 0. The maximum Gasteiger partial charge on any atom is 0.534 e. The summed E-state index contributed by atoms with van der Waals surface area (Å²) in [7, 11) is -9.69. The summed E-state index contributed by atoms with van der Waals surface area (Å²) in [6.07, 6.45) is 4.76. The number of aliphatic imine (C=N–C) groups is 1. The van der Waals surface area contributed by atoms with Gasteiger partial charge in [0.2, 0.25) is 5.75 Å². The predicted octanol–water partition coefficient (Wildman–Crippen LogP) is 8.02. The lowest BCUT2D eigenvalue weighted by atomic mass is 9.78. The van der Waals surface area contributed by atoms with Crippen LogP contribution in [0.2, 0.25) is 13.1 Å². The molecule has 1 atom stereocenters. The Balaban J connectivity index is 2.10. The van der Waals surface area contributed by atoms with Gasteiger partial charge in [-0.2, -0.15) is 21.6 Å². The second-order valence-corrected chi connectivity index (χ2v) is 19.6. The average Bonchev–Trinajstić information content (AvgIpc) is 2.92. The number of carboxylic acid groups (broad SMARTS) is 1. The summed E-state index contributed by atoms with van der Waals surface area (Å²) in [5.74, 6) is -5.71. The van der Waals surface area contributed by atoms with E-state index in [9.17, 15) is 26.4 Å². The normalized spacial score (nSPS) is 17.9. The van der Waals surface area contributed by atoms with Crippen molar-refractivity contribution in [1.29, 1.82) is 0 Å². The van der Waals surface area contributed by atoms with Crippen LogP contribution in [0.1, 0.15) is 63.6 Å². The Morgan fingerprint density at radius 3 is 2.28 bits per heavy atom. The van der Waals surface area contributed by atoms with Crippen molar-refractivity contribution >= 4 is 40.6 Å². The minimum atomic E-state index is -6.38. The van der Waals surface area contributed by atoms with Crippen LogP contribution in [0.4, 0.5) is 22.0 Å². The molecule has 0 saturated carbocycles. The van der Waals surface area contributed by atoms with Crippen molar-refractivity contribution in [3.05, 3.63) is 87.2 Å². The summed E-state index contributed by atoms with van der Waals surface area (Å²) < 4.78 is 99.6. The lowest BCUT2D eigenvalue weighted by Gasteiger charge is -2.40. The zero-order valence-electron chi connectivity index (χ0n) is 27.3. The van der Waals surface area contributed by atoms with Gasteiger partial charge in [-0.05, 0) is 93.1 Å². The number of alkyl halides is 3. The first-order valence-electron chi connectivity index (χ1n) is 15.1. The molecule has 0 bridgehead atoms. The minimum absolute atomic E-state index is 0.0281. The number of carboxylic acids is 1. The fourth-order valence-corrected chi connectivity index (χ4v) is 10.0. The Morgan fingerprint density at radius 2 is 1.70 bits per heavy atom. The summed E-state index contributed by atoms with van der Waals surface area (Å²) in [6.45, 7) is 13.9. The Morgan fingerprint density at radius 1 is 1.06 bits per heavy atom. The third-order valence-electron chi connectivity index (χ3n) is 8.35. The highest BCUT2D eigenvalue weighted by Gasteiger charge is 2.51. The van der Waals surface area contributed by atoms with Gasteiger partial charge in [-0.25, -0.2) is 8.78 Å². The third-order valence-corrected chi connectivity index (χ3v) is 12.8. The van der Waals surface area contributed by atoms with Crippen LogP contribution in [0.3, 0.4) is 0 Å². The van der Waals surface area contributed by atoms with Crippen LogP contribution in [0.25, 0.3) is 5.57 Å². The van der Waals surface area contributed by atoms with E-state index in [0.29, 0.717) is 27.6 Å². The van der Waals surface area contributed by atoms with Gasteiger partial charge < -0.3 is 9.29 Å². The largest absolute Gasteiger partial charge is 0.534 e. The molecule has 47 heavy (non-hydrogen) atoms. The van der Waals surface area contributed by atoms with Crippen molar-refractivity contribution in [2.75, 3.05) is 6.54 Å². The molecule has 1 unspecified atom stereocenters. The van der Waals surface area contributed by atoms with E-state index in [2.05, 4.69) is 31.9 Å². The molecular formula is C34H38F5NO5SSi. The van der Waals surface area contributed by atoms with Gasteiger partial charge in [-0.15, -0.1) is 0 Å². The first-order chi connectivity index (χ1) is 21.6. The molecule has 0 aromatic heterocycles. The highest BCUT2D eigenvalue weighted by molar-refractivity contribution is 7.88. The van der Waals surface area contributed by atoms with Gasteiger partial charge in [0.05, 0.1) is 5.71 Å². The lowest BCUT2D eigenvalue weighted by Crippen LogP contribution is -2.52. The van der Waals surface area contributed by atoms with Crippen molar-refractivity contribution in [3.8, 4) is 5.75 Å². The number of hydrogen-bond donors (Lipinski definition) is 1. The molecular weight excluding hydrogens is 658 g/mol. The maximum atomic E-state index is 16.5. The topological polar surface area (TPSA) is 93.0 Å². The van der Waals surface area contributed by atoms with E-state index in [0.717, 1.165) is 23.6 Å². The molecule has 2 aliphatic rings. The van der Waals surface area contributed by atoms with Crippen molar-refractivity contribution in [2.45, 2.75) is 72.5 Å². The van der Waals surface area contributed by atoms with Crippen LogP contribution in [-0.4, -0.2) is 45.3 Å². The molecule has 1 aliphatic carbocycles. The van der Waals surface area contributed by atoms with Crippen LogP contribution < -0.4 is 9.37 Å². The number of benzene rings is 2. The van der Waals surface area contributed by atoms with Gasteiger partial charge in [0.25, 0.3) is 0 Å². The number of hydrogen-bond acceptors (Lipinski definition) is 5. The fraction of sp³-hybridized carbons (Fsp3) is 0.412. The first kappa shape index (κ1) is 36.3. The van der Waals surface area contributed by atoms with E-state index < -0.39 is 47.1 Å². The second kappa shape index (κ2) is 12.8. The molecule has 0 saturated heterocycles. The van der Waals surface area contributed by atoms with E-state index in [1.54, 1.807) is 31.3 Å². The highest BCUT2D eigenvalue weighted by atomic mass is 32.2. The summed E-state index contributed by atoms with van der Waals surface area (Å²) in [4.78, 5) is 15.9. The van der Waals surface area contributed by atoms with Crippen LogP contribution in [-0.2, 0) is 14.9 Å². The number of halogens is 5. The molecule has 1 aliphatic heterocycles. The Kier molecular flexibility index (Phi) is 9.87. The molecule has 0 radical (unpaired) electrons. The number of aliphatic carboxylic acids is 1. The Labute approximate surface area is 272 Å². The Hall–Kier alpha value is -3.58. The van der Waals surface area contributed by atoms with Gasteiger partial charge in [0.15, 0.2) is 11.6 Å². The fourth-order valence-electron chi connectivity index (χ4n) is 6.38. The molecule has 0 fully saturated rings. The molecule has 254 valence electrons. The molecule has 0 spiro atoms. The Bertz CT molecular complexity index is 1850. The second-order valence-electron chi connectivity index (χ2n) is 13.7. The number of carbonyl (C=O) groups is 1. The summed E-state index contributed by atoms with van der Waals surface area (Å²) in [6, 6.07) is 8.05. The first-order valence-corrected chi connectivity index (χ1v) is 19.5.